The fourth-order valence-electron chi connectivity index (χ4n) is 8.70. The Hall–Kier alpha value is -7.16. The van der Waals surface area contributed by atoms with E-state index in [0.29, 0.717) is 16.9 Å². The number of para-hydroxylation sites is 1. The van der Waals surface area contributed by atoms with Gasteiger partial charge >= 0.3 is 0 Å². The maximum atomic E-state index is 10.3. The van der Waals surface area contributed by atoms with E-state index in [1.165, 1.54) is 0 Å². The van der Waals surface area contributed by atoms with Crippen molar-refractivity contribution in [1.82, 2.24) is 0 Å². The van der Waals surface area contributed by atoms with Crippen LogP contribution in [0.1, 0.15) is 35.9 Å². The molecule has 0 bridgehead atoms. The van der Waals surface area contributed by atoms with E-state index in [1.54, 1.807) is 0 Å². The second-order valence-corrected chi connectivity index (χ2v) is 15.0. The van der Waals surface area contributed by atoms with E-state index in [9.17, 15) is 8.22 Å². The first-order valence-electron chi connectivity index (χ1n) is 23.1. The fourth-order valence-corrected chi connectivity index (χ4v) is 8.70. The third-order valence-electron chi connectivity index (χ3n) is 11.5. The highest BCUT2D eigenvalue weighted by atomic mass is 16.3. The van der Waals surface area contributed by atoms with Crippen LogP contribution in [0, 0.1) is 0 Å². The van der Waals surface area contributed by atoms with Gasteiger partial charge in [-0.25, -0.2) is 0 Å². The Morgan fingerprint density at radius 2 is 1.11 bits per heavy atom. The molecule has 0 radical (unpaired) electrons. The lowest BCUT2D eigenvalue weighted by atomic mass is 9.81. The van der Waals surface area contributed by atoms with Gasteiger partial charge in [0.15, 0.2) is 0 Å². The maximum Gasteiger partial charge on any atom is 0.143 e. The average Bonchev–Trinajstić information content (AvgIpc) is 3.84. The minimum Gasteiger partial charge on any atom is -0.455 e. The van der Waals surface area contributed by atoms with Crippen LogP contribution in [-0.4, -0.2) is 0 Å². The molecule has 2 heteroatoms. The van der Waals surface area contributed by atoms with Gasteiger partial charge in [-0.2, -0.15) is 0 Å². The summed E-state index contributed by atoms with van der Waals surface area (Å²) < 4.78 is 81.9. The van der Waals surface area contributed by atoms with Crippen molar-refractivity contribution >= 4 is 49.8 Å². The summed E-state index contributed by atoms with van der Waals surface area (Å²) in [6.45, 7) is 4.31. The normalized spacial score (nSPS) is 14.8. The van der Waals surface area contributed by atoms with Crippen molar-refractivity contribution in [3.8, 4) is 44.5 Å². The van der Waals surface area contributed by atoms with E-state index < -0.39 is 23.5 Å². The highest BCUT2D eigenvalue weighted by Gasteiger charge is 2.35. The Balaban J connectivity index is 1.29. The van der Waals surface area contributed by atoms with Crippen LogP contribution in [0.3, 0.4) is 0 Å². The van der Waals surface area contributed by atoms with E-state index in [4.69, 9.17) is 7.16 Å². The molecule has 0 saturated carbocycles. The zero-order valence-electron chi connectivity index (χ0n) is 39.3. The van der Waals surface area contributed by atoms with Crippen LogP contribution in [0.25, 0.3) is 77.2 Å². The molecule has 0 aliphatic heterocycles. The van der Waals surface area contributed by atoms with Crippen molar-refractivity contribution in [3.05, 3.63) is 211 Å². The summed E-state index contributed by atoms with van der Waals surface area (Å²) in [5, 5.41) is 0.572. The van der Waals surface area contributed by atoms with Crippen LogP contribution in [0.4, 0.5) is 17.1 Å². The molecule has 2 nitrogen and oxygen atoms in total. The second-order valence-electron chi connectivity index (χ2n) is 15.0. The molecule has 1 heterocycles. The monoisotopic (exact) mass is 737 g/mol. The Labute approximate surface area is 344 Å². The number of anilines is 3. The summed E-state index contributed by atoms with van der Waals surface area (Å²) in [7, 11) is 0. The molecule has 0 saturated heterocycles. The topological polar surface area (TPSA) is 16.4 Å². The van der Waals surface area contributed by atoms with Gasteiger partial charge in [-0.15, -0.1) is 0 Å². The third kappa shape index (κ3) is 5.25. The summed E-state index contributed by atoms with van der Waals surface area (Å²) in [6, 6.07) is 47.1. The highest BCUT2D eigenvalue weighted by molar-refractivity contribution is 6.22. The summed E-state index contributed by atoms with van der Waals surface area (Å²) in [4.78, 5) is 1.90. The first kappa shape index (κ1) is 25.8. The predicted molar refractivity (Wildman–Crippen MR) is 240 cm³/mol. The lowest BCUT2D eigenvalue weighted by Crippen LogP contribution is -2.14. The number of hydrogen-bond acceptors (Lipinski definition) is 2. The van der Waals surface area contributed by atoms with Crippen LogP contribution in [0.5, 0.6) is 0 Å². The van der Waals surface area contributed by atoms with Crippen LogP contribution >= 0.6 is 0 Å². The molecule has 0 fully saturated rings. The number of rotatable bonds is 6. The minimum atomic E-state index is -0.468. The molecule has 57 heavy (non-hydrogen) atoms. The first-order valence-corrected chi connectivity index (χ1v) is 19.1. The van der Waals surface area contributed by atoms with Crippen molar-refractivity contribution < 1.29 is 15.4 Å². The predicted octanol–water partition coefficient (Wildman–Crippen LogP) is 15.5. The standard InChI is InChI=1S/C55H39NO/c1-55(2)48-24-13-11-22-43(48)44-33-30-39(34-49(44)55)46-35-47-53-51(26-15-27-52(53)57-54(47)45-23-10-9-21-42(45)46)56(40-31-28-37(29-32-40)36-16-5-3-6-17-36)50-25-14-12-20-41(50)38-18-7-4-8-19-38/h3-35H,1-2H3/i9D,10D,15D,21D,23D,26D,27D,35D. The van der Waals surface area contributed by atoms with Crippen molar-refractivity contribution in [1.29, 1.82) is 0 Å². The third-order valence-corrected chi connectivity index (χ3v) is 11.5. The van der Waals surface area contributed by atoms with Crippen molar-refractivity contribution in [2.45, 2.75) is 19.3 Å². The van der Waals surface area contributed by atoms with Gasteiger partial charge in [0.1, 0.15) is 11.2 Å². The van der Waals surface area contributed by atoms with Crippen LogP contribution in [-0.2, 0) is 5.41 Å². The molecule has 0 atom stereocenters. The molecular formula is C55H39NO. The molecule has 1 aliphatic rings. The fraction of sp³-hybridized carbons (Fsp3) is 0.0545. The summed E-state index contributed by atoms with van der Waals surface area (Å²) in [5.74, 6) is 0. The molecule has 9 aromatic carbocycles. The Kier molecular flexibility index (Phi) is 5.88. The van der Waals surface area contributed by atoms with E-state index >= 15 is 0 Å². The molecule has 0 unspecified atom stereocenters. The second kappa shape index (κ2) is 13.0. The van der Waals surface area contributed by atoms with Crippen LogP contribution < -0.4 is 4.90 Å². The van der Waals surface area contributed by atoms with Crippen molar-refractivity contribution in [2.24, 2.45) is 0 Å². The van der Waals surface area contributed by atoms with Crippen LogP contribution in [0.2, 0.25) is 0 Å². The molecular weight excluding hydrogens is 691 g/mol. The van der Waals surface area contributed by atoms with E-state index in [0.717, 1.165) is 44.5 Å². The van der Waals surface area contributed by atoms with Gasteiger partial charge in [-0.1, -0.05) is 171 Å². The van der Waals surface area contributed by atoms with Gasteiger partial charge in [0.25, 0.3) is 0 Å². The number of nitrogens with zero attached hydrogens (tertiary/aromatic N) is 1. The maximum absolute atomic E-state index is 10.3. The molecule has 1 aliphatic carbocycles. The zero-order valence-corrected chi connectivity index (χ0v) is 31.3. The molecule has 0 spiro atoms. The Morgan fingerprint density at radius 3 is 1.89 bits per heavy atom. The lowest BCUT2D eigenvalue weighted by Gasteiger charge is -2.28. The summed E-state index contributed by atoms with van der Waals surface area (Å²) >= 11 is 0. The number of furan rings is 1. The quantitative estimate of drug-likeness (QED) is 0.169. The number of hydrogen-bond donors (Lipinski definition) is 0. The van der Waals surface area contributed by atoms with E-state index in [-0.39, 0.29) is 74.2 Å². The molecule has 1 aromatic heterocycles. The van der Waals surface area contributed by atoms with Crippen LogP contribution in [0.15, 0.2) is 204 Å². The SMILES string of the molecule is [2H]c1c([2H])c(N(c2ccc(-c3ccccc3)cc2)c2ccccc2-c2ccccc2)c2c(oc3c4c([2H])c([2H])c([2H])c([2H])c4c(-c4ccc5c(c4)C(C)(C)c4ccccc4-5)c([2H])c32)c1[2H]. The van der Waals surface area contributed by atoms with E-state index in [2.05, 4.69) is 26.0 Å². The van der Waals surface area contributed by atoms with Gasteiger partial charge in [0, 0.05) is 27.4 Å². The van der Waals surface area contributed by atoms with Gasteiger partial charge in [0.05, 0.1) is 27.7 Å². The summed E-state index contributed by atoms with van der Waals surface area (Å²) in [5.41, 5.74) is 9.95. The molecule has 10 aromatic rings. The minimum absolute atomic E-state index is 0.0138. The zero-order chi connectivity index (χ0) is 45.1. The Bertz CT molecular complexity index is 3600. The number of benzene rings is 9. The Morgan fingerprint density at radius 1 is 0.474 bits per heavy atom. The van der Waals surface area contributed by atoms with Gasteiger partial charge in [-0.05, 0) is 97.9 Å². The molecule has 270 valence electrons. The summed E-state index contributed by atoms with van der Waals surface area (Å²) in [6.07, 6.45) is 0. The van der Waals surface area contributed by atoms with E-state index in [1.807, 2.05) is 144 Å². The largest absolute Gasteiger partial charge is 0.455 e. The van der Waals surface area contributed by atoms with Gasteiger partial charge in [0.2, 0.25) is 0 Å². The van der Waals surface area contributed by atoms with Gasteiger partial charge in [-0.3, -0.25) is 0 Å². The molecule has 0 N–H and O–H groups in total. The number of fused-ring (bicyclic) bond motifs is 8. The lowest BCUT2D eigenvalue weighted by molar-refractivity contribution is 0.660. The highest BCUT2D eigenvalue weighted by Crippen LogP contribution is 2.52. The van der Waals surface area contributed by atoms with Gasteiger partial charge < -0.3 is 9.32 Å². The molecule has 11 rings (SSSR count). The smallest absolute Gasteiger partial charge is 0.143 e. The average molecular weight is 738 g/mol. The first-order chi connectivity index (χ1) is 31.4. The van der Waals surface area contributed by atoms with Crippen molar-refractivity contribution in [2.75, 3.05) is 4.90 Å². The molecule has 0 amide bonds. The van der Waals surface area contributed by atoms with Crippen molar-refractivity contribution in [3.63, 3.8) is 0 Å².